The van der Waals surface area contributed by atoms with Crippen LogP contribution in [0.4, 0.5) is 4.39 Å². The van der Waals surface area contributed by atoms with Crippen molar-refractivity contribution in [2.24, 2.45) is 0 Å². The lowest BCUT2D eigenvalue weighted by Gasteiger charge is -2.30. The number of amides is 2. The van der Waals surface area contributed by atoms with Crippen LogP contribution in [0.5, 0.6) is 0 Å². The molecule has 1 aliphatic rings. The van der Waals surface area contributed by atoms with Gasteiger partial charge in [-0.1, -0.05) is 57.6 Å². The molecule has 0 saturated carbocycles. The summed E-state index contributed by atoms with van der Waals surface area (Å²) in [6.07, 6.45) is 10.9. The van der Waals surface area contributed by atoms with Crippen molar-refractivity contribution in [2.75, 3.05) is 45.9 Å². The number of carbonyl (C=O) groups excluding carboxylic acids is 2. The predicted molar refractivity (Wildman–Crippen MR) is 150 cm³/mol. The van der Waals surface area contributed by atoms with Gasteiger partial charge < -0.3 is 19.0 Å². The summed E-state index contributed by atoms with van der Waals surface area (Å²) in [5, 5.41) is 0. The summed E-state index contributed by atoms with van der Waals surface area (Å²) in [4.78, 5) is 32.6. The first kappa shape index (κ1) is 30.8. The molecule has 1 saturated heterocycles. The van der Waals surface area contributed by atoms with E-state index in [1.54, 1.807) is 34.3 Å². The molecule has 0 bridgehead atoms. The van der Waals surface area contributed by atoms with Crippen LogP contribution in [-0.4, -0.2) is 72.5 Å². The summed E-state index contributed by atoms with van der Waals surface area (Å²) >= 11 is 0. The Kier molecular flexibility index (Phi) is 14.1. The van der Waals surface area contributed by atoms with Gasteiger partial charge in [-0.15, -0.1) is 0 Å². The van der Waals surface area contributed by atoms with Gasteiger partial charge in [0.1, 0.15) is 11.6 Å². The number of nitrogens with zero attached hydrogens (tertiary/aromatic N) is 3. The average molecular weight is 544 g/mol. The van der Waals surface area contributed by atoms with E-state index in [4.69, 9.17) is 9.15 Å². The number of rotatable bonds is 18. The third-order valence-corrected chi connectivity index (χ3v) is 7.25. The summed E-state index contributed by atoms with van der Waals surface area (Å²) < 4.78 is 24.4. The van der Waals surface area contributed by atoms with Gasteiger partial charge in [0.15, 0.2) is 0 Å². The number of ether oxygens (including phenoxy) is 1. The van der Waals surface area contributed by atoms with Gasteiger partial charge in [0, 0.05) is 39.1 Å². The standard InChI is InChI=1S/C31H46FN3O4/c1-2-3-4-5-6-7-8-12-30(36)34(18-10-17-33-19-22-38-23-20-33)26-31(37)35(25-29-11-9-21-39-29)24-27-13-15-28(32)16-14-27/h9,11,13-16,21H,2-8,10,12,17-20,22-26H2,1H3. The zero-order chi connectivity index (χ0) is 27.7. The highest BCUT2D eigenvalue weighted by atomic mass is 19.1. The van der Waals surface area contributed by atoms with Crippen molar-refractivity contribution in [3.8, 4) is 0 Å². The maximum absolute atomic E-state index is 13.6. The van der Waals surface area contributed by atoms with Crippen LogP contribution in [0.25, 0.3) is 0 Å². The largest absolute Gasteiger partial charge is 0.467 e. The van der Waals surface area contributed by atoms with E-state index in [0.717, 1.165) is 64.1 Å². The van der Waals surface area contributed by atoms with Crippen molar-refractivity contribution < 1.29 is 23.1 Å². The summed E-state index contributed by atoms with van der Waals surface area (Å²) in [6.45, 7) is 7.55. The second-order valence-electron chi connectivity index (χ2n) is 10.4. The SMILES string of the molecule is CCCCCCCCCC(=O)N(CCCN1CCOCC1)CC(=O)N(Cc1ccc(F)cc1)Cc1ccco1. The minimum atomic E-state index is -0.315. The number of furan rings is 1. The first-order valence-electron chi connectivity index (χ1n) is 14.7. The molecule has 1 aromatic heterocycles. The van der Waals surface area contributed by atoms with E-state index in [9.17, 15) is 14.0 Å². The lowest BCUT2D eigenvalue weighted by atomic mass is 10.1. The van der Waals surface area contributed by atoms with Gasteiger partial charge in [0.2, 0.25) is 11.8 Å². The molecule has 1 fully saturated rings. The molecule has 0 aliphatic carbocycles. The van der Waals surface area contributed by atoms with Gasteiger partial charge >= 0.3 is 0 Å². The molecule has 2 heterocycles. The second-order valence-corrected chi connectivity index (χ2v) is 10.4. The molecular formula is C31H46FN3O4. The molecule has 8 heteroatoms. The van der Waals surface area contributed by atoms with Crippen molar-refractivity contribution in [1.29, 1.82) is 0 Å². The van der Waals surface area contributed by atoms with E-state index >= 15 is 0 Å². The fourth-order valence-corrected chi connectivity index (χ4v) is 4.89. The van der Waals surface area contributed by atoms with Crippen molar-refractivity contribution in [1.82, 2.24) is 14.7 Å². The van der Waals surface area contributed by atoms with Crippen LogP contribution in [0.1, 0.15) is 76.0 Å². The van der Waals surface area contributed by atoms with Crippen LogP contribution in [0.2, 0.25) is 0 Å². The molecule has 2 aromatic rings. The third kappa shape index (κ3) is 11.9. The van der Waals surface area contributed by atoms with Crippen molar-refractivity contribution in [2.45, 2.75) is 77.8 Å². The van der Waals surface area contributed by atoms with Crippen LogP contribution in [0, 0.1) is 5.82 Å². The molecule has 2 amide bonds. The van der Waals surface area contributed by atoms with E-state index in [1.165, 1.54) is 37.8 Å². The summed E-state index contributed by atoms with van der Waals surface area (Å²) in [6, 6.07) is 9.78. The topological polar surface area (TPSA) is 66.2 Å². The van der Waals surface area contributed by atoms with Crippen LogP contribution >= 0.6 is 0 Å². The monoisotopic (exact) mass is 543 g/mol. The molecule has 0 unspecified atom stereocenters. The molecule has 216 valence electrons. The highest BCUT2D eigenvalue weighted by Crippen LogP contribution is 2.14. The molecule has 0 radical (unpaired) electrons. The zero-order valence-electron chi connectivity index (χ0n) is 23.6. The minimum Gasteiger partial charge on any atom is -0.467 e. The highest BCUT2D eigenvalue weighted by Gasteiger charge is 2.23. The van der Waals surface area contributed by atoms with Crippen molar-refractivity contribution >= 4 is 11.8 Å². The van der Waals surface area contributed by atoms with Gasteiger partial charge in [0.25, 0.3) is 0 Å². The molecule has 39 heavy (non-hydrogen) atoms. The number of unbranched alkanes of at least 4 members (excludes halogenated alkanes) is 6. The lowest BCUT2D eigenvalue weighted by molar-refractivity contribution is -0.141. The Balaban J connectivity index is 1.60. The summed E-state index contributed by atoms with van der Waals surface area (Å²) in [5.74, 6) is 0.248. The number of carbonyl (C=O) groups is 2. The number of morpholine rings is 1. The number of hydrogen-bond donors (Lipinski definition) is 0. The minimum absolute atomic E-state index is 0.0281. The van der Waals surface area contributed by atoms with Gasteiger partial charge in [-0.3, -0.25) is 14.5 Å². The molecule has 1 aliphatic heterocycles. The van der Waals surface area contributed by atoms with Crippen LogP contribution in [0.3, 0.4) is 0 Å². The molecule has 7 nitrogen and oxygen atoms in total. The van der Waals surface area contributed by atoms with Crippen molar-refractivity contribution in [3.63, 3.8) is 0 Å². The smallest absolute Gasteiger partial charge is 0.242 e. The third-order valence-electron chi connectivity index (χ3n) is 7.25. The molecule has 0 N–H and O–H groups in total. The second kappa shape index (κ2) is 17.8. The maximum atomic E-state index is 13.6. The molecule has 0 atom stereocenters. The molecular weight excluding hydrogens is 497 g/mol. The van der Waals surface area contributed by atoms with E-state index < -0.39 is 0 Å². The van der Waals surface area contributed by atoms with Crippen molar-refractivity contribution in [3.05, 3.63) is 59.8 Å². The van der Waals surface area contributed by atoms with Crippen LogP contribution < -0.4 is 0 Å². The quantitative estimate of drug-likeness (QED) is 0.228. The Hall–Kier alpha value is -2.71. The van der Waals surface area contributed by atoms with E-state index in [0.29, 0.717) is 25.3 Å². The number of halogens is 1. The number of benzene rings is 1. The van der Waals surface area contributed by atoms with E-state index in [-0.39, 0.29) is 30.7 Å². The molecule has 1 aromatic carbocycles. The average Bonchev–Trinajstić information content (AvgIpc) is 3.46. The van der Waals surface area contributed by atoms with Gasteiger partial charge in [-0.25, -0.2) is 4.39 Å². The van der Waals surface area contributed by atoms with E-state index in [1.807, 2.05) is 6.07 Å². The Morgan fingerprint density at radius 1 is 0.872 bits per heavy atom. The van der Waals surface area contributed by atoms with E-state index in [2.05, 4.69) is 11.8 Å². The first-order chi connectivity index (χ1) is 19.0. The Labute approximate surface area is 233 Å². The Morgan fingerprint density at radius 2 is 1.59 bits per heavy atom. The highest BCUT2D eigenvalue weighted by molar-refractivity contribution is 5.84. The predicted octanol–water partition coefficient (Wildman–Crippen LogP) is 5.64. The fourth-order valence-electron chi connectivity index (χ4n) is 4.89. The molecule has 0 spiro atoms. The first-order valence-corrected chi connectivity index (χ1v) is 14.7. The zero-order valence-corrected chi connectivity index (χ0v) is 23.6. The normalized spacial score (nSPS) is 13.9. The summed E-state index contributed by atoms with van der Waals surface area (Å²) in [5.41, 5.74) is 0.824. The van der Waals surface area contributed by atoms with Gasteiger partial charge in [-0.2, -0.15) is 0 Å². The van der Waals surface area contributed by atoms with Crippen LogP contribution in [0.15, 0.2) is 47.1 Å². The maximum Gasteiger partial charge on any atom is 0.242 e. The molecule has 3 rings (SSSR count). The number of hydrogen-bond acceptors (Lipinski definition) is 5. The lowest BCUT2D eigenvalue weighted by Crippen LogP contribution is -2.44. The van der Waals surface area contributed by atoms with Gasteiger partial charge in [-0.05, 0) is 42.7 Å². The fraction of sp³-hybridized carbons (Fsp3) is 0.613. The Bertz CT molecular complexity index is 945. The summed E-state index contributed by atoms with van der Waals surface area (Å²) in [7, 11) is 0. The van der Waals surface area contributed by atoms with Crippen LogP contribution in [-0.2, 0) is 27.4 Å². The Morgan fingerprint density at radius 3 is 2.28 bits per heavy atom. The van der Waals surface area contributed by atoms with Gasteiger partial charge in [0.05, 0.1) is 32.6 Å².